The summed E-state index contributed by atoms with van der Waals surface area (Å²) in [5.74, 6) is 0.504. The highest BCUT2D eigenvalue weighted by molar-refractivity contribution is 5.41. The summed E-state index contributed by atoms with van der Waals surface area (Å²) in [7, 11) is 0. The molecule has 0 saturated carbocycles. The minimum atomic E-state index is -0.645. The first kappa shape index (κ1) is 10.6. The van der Waals surface area contributed by atoms with Crippen LogP contribution in [0.2, 0.25) is 0 Å². The van der Waals surface area contributed by atoms with Gasteiger partial charge in [0, 0.05) is 11.8 Å². The first-order valence-electron chi connectivity index (χ1n) is 5.13. The molecule has 3 nitrogen and oxygen atoms in total. The van der Waals surface area contributed by atoms with Gasteiger partial charge in [-0.3, -0.25) is 0 Å². The minimum Gasteiger partial charge on any atom is -0.384 e. The summed E-state index contributed by atoms with van der Waals surface area (Å²) >= 11 is 0. The highest BCUT2D eigenvalue weighted by Gasteiger charge is 2.11. The minimum absolute atomic E-state index is 0.504. The van der Waals surface area contributed by atoms with Gasteiger partial charge in [-0.15, -0.1) is 0 Å². The Kier molecular flexibility index (Phi) is 2.88. The lowest BCUT2D eigenvalue weighted by atomic mass is 10.0. The third kappa shape index (κ3) is 2.04. The molecular weight excluding hydrogens is 200 g/mol. The highest BCUT2D eigenvalue weighted by atomic mass is 16.3. The van der Waals surface area contributed by atoms with Gasteiger partial charge in [0.1, 0.15) is 11.9 Å². The molecule has 0 radical (unpaired) electrons. The Morgan fingerprint density at radius 1 is 1.19 bits per heavy atom. The monoisotopic (exact) mass is 214 g/mol. The number of aryl methyl sites for hydroxylation is 1. The number of rotatable bonds is 2. The number of aliphatic hydroxyl groups is 1. The van der Waals surface area contributed by atoms with Crippen molar-refractivity contribution in [2.45, 2.75) is 13.0 Å². The van der Waals surface area contributed by atoms with E-state index in [4.69, 9.17) is 5.73 Å². The van der Waals surface area contributed by atoms with Crippen LogP contribution in [0.25, 0.3) is 0 Å². The molecule has 0 spiro atoms. The Labute approximate surface area is 94.6 Å². The van der Waals surface area contributed by atoms with Crippen molar-refractivity contribution >= 4 is 5.82 Å². The summed E-state index contributed by atoms with van der Waals surface area (Å²) in [5.41, 5.74) is 8.13. The molecule has 3 heteroatoms. The van der Waals surface area contributed by atoms with Crippen LogP contribution in [0, 0.1) is 6.92 Å². The summed E-state index contributed by atoms with van der Waals surface area (Å²) in [6.45, 7) is 1.88. The predicted octanol–water partition coefficient (Wildman–Crippen LogP) is 2.05. The molecule has 1 aromatic heterocycles. The van der Waals surface area contributed by atoms with E-state index in [2.05, 4.69) is 4.98 Å². The van der Waals surface area contributed by atoms with Crippen LogP contribution in [0.5, 0.6) is 0 Å². The fourth-order valence-electron chi connectivity index (χ4n) is 1.58. The molecule has 0 fully saturated rings. The molecule has 3 N–H and O–H groups in total. The summed E-state index contributed by atoms with van der Waals surface area (Å²) in [6, 6.07) is 11.3. The molecule has 0 amide bonds. The maximum absolute atomic E-state index is 10.1. The van der Waals surface area contributed by atoms with E-state index in [0.717, 1.165) is 16.7 Å². The van der Waals surface area contributed by atoms with Crippen molar-refractivity contribution < 1.29 is 5.11 Å². The predicted molar refractivity (Wildman–Crippen MR) is 63.9 cm³/mol. The van der Waals surface area contributed by atoms with Crippen LogP contribution in [0.3, 0.4) is 0 Å². The molecule has 0 aliphatic heterocycles. The zero-order valence-corrected chi connectivity index (χ0v) is 9.09. The third-order valence-electron chi connectivity index (χ3n) is 2.57. The van der Waals surface area contributed by atoms with Crippen molar-refractivity contribution in [3.63, 3.8) is 0 Å². The van der Waals surface area contributed by atoms with Gasteiger partial charge in [0.2, 0.25) is 0 Å². The van der Waals surface area contributed by atoms with Crippen molar-refractivity contribution in [2.24, 2.45) is 0 Å². The summed E-state index contributed by atoms with van der Waals surface area (Å²) in [4.78, 5) is 4.04. The van der Waals surface area contributed by atoms with E-state index in [1.807, 2.05) is 43.3 Å². The van der Waals surface area contributed by atoms with Crippen LogP contribution in [0.1, 0.15) is 22.8 Å². The number of hydrogen-bond acceptors (Lipinski definition) is 3. The number of aromatic nitrogens is 1. The normalized spacial score (nSPS) is 12.4. The van der Waals surface area contributed by atoms with Gasteiger partial charge in [-0.2, -0.15) is 0 Å². The van der Waals surface area contributed by atoms with Crippen LogP contribution < -0.4 is 5.73 Å². The number of anilines is 1. The number of benzene rings is 1. The quantitative estimate of drug-likeness (QED) is 0.804. The number of nitrogens with zero attached hydrogens (tertiary/aromatic N) is 1. The molecule has 0 unspecified atom stereocenters. The Bertz CT molecular complexity index is 483. The average Bonchev–Trinajstić information content (AvgIpc) is 2.33. The van der Waals surface area contributed by atoms with E-state index in [-0.39, 0.29) is 0 Å². The van der Waals surface area contributed by atoms with Gasteiger partial charge in [0.05, 0.1) is 0 Å². The Hall–Kier alpha value is -1.87. The molecule has 0 bridgehead atoms. The molecule has 1 atom stereocenters. The molecule has 2 aromatic rings. The van der Waals surface area contributed by atoms with Crippen molar-refractivity contribution in [1.29, 1.82) is 0 Å². The SMILES string of the molecule is Cc1cc([C@@H](O)c2ccccc2)cnc1N. The van der Waals surface area contributed by atoms with Gasteiger partial charge in [0.25, 0.3) is 0 Å². The molecule has 0 saturated heterocycles. The van der Waals surface area contributed by atoms with Crippen LogP contribution >= 0.6 is 0 Å². The van der Waals surface area contributed by atoms with E-state index < -0.39 is 6.10 Å². The number of pyridine rings is 1. The first-order chi connectivity index (χ1) is 7.68. The summed E-state index contributed by atoms with van der Waals surface area (Å²) in [6.07, 6.45) is 0.966. The lowest BCUT2D eigenvalue weighted by Gasteiger charge is -2.12. The number of aliphatic hydroxyl groups excluding tert-OH is 1. The van der Waals surface area contributed by atoms with E-state index in [1.54, 1.807) is 6.20 Å². The van der Waals surface area contributed by atoms with Gasteiger partial charge in [-0.25, -0.2) is 4.98 Å². The maximum Gasteiger partial charge on any atom is 0.126 e. The van der Waals surface area contributed by atoms with Gasteiger partial charge < -0.3 is 10.8 Å². The van der Waals surface area contributed by atoms with Gasteiger partial charge >= 0.3 is 0 Å². The third-order valence-corrected chi connectivity index (χ3v) is 2.57. The fourth-order valence-corrected chi connectivity index (χ4v) is 1.58. The van der Waals surface area contributed by atoms with E-state index >= 15 is 0 Å². The van der Waals surface area contributed by atoms with E-state index in [9.17, 15) is 5.11 Å². The van der Waals surface area contributed by atoms with Gasteiger partial charge in [-0.1, -0.05) is 30.3 Å². The zero-order chi connectivity index (χ0) is 11.5. The first-order valence-corrected chi connectivity index (χ1v) is 5.13. The number of nitrogens with two attached hydrogens (primary N) is 1. The second-order valence-electron chi connectivity index (χ2n) is 3.78. The molecular formula is C13H14N2O. The molecule has 16 heavy (non-hydrogen) atoms. The topological polar surface area (TPSA) is 59.1 Å². The van der Waals surface area contributed by atoms with Crippen LogP contribution in [0.4, 0.5) is 5.82 Å². The van der Waals surface area contributed by atoms with Crippen molar-refractivity contribution in [2.75, 3.05) is 5.73 Å². The van der Waals surface area contributed by atoms with Crippen molar-refractivity contribution in [3.05, 3.63) is 59.3 Å². The molecule has 1 heterocycles. The Balaban J connectivity index is 2.34. The lowest BCUT2D eigenvalue weighted by molar-refractivity contribution is 0.220. The molecule has 2 rings (SSSR count). The van der Waals surface area contributed by atoms with Crippen LogP contribution in [-0.4, -0.2) is 10.1 Å². The number of nitrogen functional groups attached to an aromatic ring is 1. The highest BCUT2D eigenvalue weighted by Crippen LogP contribution is 2.22. The van der Waals surface area contributed by atoms with Gasteiger partial charge in [-0.05, 0) is 24.1 Å². The van der Waals surface area contributed by atoms with E-state index in [1.165, 1.54) is 0 Å². The molecule has 1 aromatic carbocycles. The lowest BCUT2D eigenvalue weighted by Crippen LogP contribution is -2.02. The largest absolute Gasteiger partial charge is 0.384 e. The number of hydrogen-bond donors (Lipinski definition) is 2. The fraction of sp³-hybridized carbons (Fsp3) is 0.154. The van der Waals surface area contributed by atoms with Gasteiger partial charge in [0.15, 0.2) is 0 Å². The van der Waals surface area contributed by atoms with Crippen molar-refractivity contribution in [1.82, 2.24) is 4.98 Å². The smallest absolute Gasteiger partial charge is 0.126 e. The average molecular weight is 214 g/mol. The zero-order valence-electron chi connectivity index (χ0n) is 9.09. The Morgan fingerprint density at radius 3 is 2.50 bits per heavy atom. The molecule has 0 aliphatic rings. The van der Waals surface area contributed by atoms with Crippen molar-refractivity contribution in [3.8, 4) is 0 Å². The van der Waals surface area contributed by atoms with Crippen LogP contribution in [-0.2, 0) is 0 Å². The second kappa shape index (κ2) is 4.33. The second-order valence-corrected chi connectivity index (χ2v) is 3.78. The Morgan fingerprint density at radius 2 is 1.88 bits per heavy atom. The summed E-state index contributed by atoms with van der Waals surface area (Å²) < 4.78 is 0. The maximum atomic E-state index is 10.1. The standard InChI is InChI=1S/C13H14N2O/c1-9-7-11(8-15-13(9)14)12(16)10-5-3-2-4-6-10/h2-8,12,16H,1H3,(H2,14,15)/t12-/m0/s1. The van der Waals surface area contributed by atoms with Crippen LogP contribution in [0.15, 0.2) is 42.6 Å². The summed E-state index contributed by atoms with van der Waals surface area (Å²) in [5, 5.41) is 10.1. The molecule has 0 aliphatic carbocycles. The molecule has 82 valence electrons. The van der Waals surface area contributed by atoms with E-state index in [0.29, 0.717) is 5.82 Å².